The lowest BCUT2D eigenvalue weighted by Gasteiger charge is -2.37. The second-order valence-electron chi connectivity index (χ2n) is 13.0. The molecule has 4 nitrogen and oxygen atoms in total. The highest BCUT2D eigenvalue weighted by Gasteiger charge is 2.38. The number of unbranched alkanes of at least 4 members (excludes halogenated alkanes) is 6. The van der Waals surface area contributed by atoms with Crippen molar-refractivity contribution in [1.29, 1.82) is 0 Å². The smallest absolute Gasteiger partial charge is 0.189 e. The first kappa shape index (κ1) is 38.1. The van der Waals surface area contributed by atoms with Gasteiger partial charge in [-0.1, -0.05) is 185 Å². The second kappa shape index (κ2) is 20.6. The van der Waals surface area contributed by atoms with E-state index in [1.165, 1.54) is 55.0 Å². The highest BCUT2D eigenvalue weighted by Crippen LogP contribution is 2.41. The summed E-state index contributed by atoms with van der Waals surface area (Å²) >= 11 is 1.37. The minimum atomic E-state index is -0.914. The van der Waals surface area contributed by atoms with Crippen LogP contribution in [0.2, 0.25) is 0 Å². The Hall–Kier alpha value is -4.16. The second-order valence-corrected chi connectivity index (χ2v) is 14.4. The molecule has 0 radical (unpaired) electrons. The Balaban J connectivity index is 1.34. The summed E-state index contributed by atoms with van der Waals surface area (Å²) in [6.45, 7) is 3.40. The molecule has 0 aliphatic carbocycles. The van der Waals surface area contributed by atoms with Crippen molar-refractivity contribution in [3.63, 3.8) is 0 Å². The van der Waals surface area contributed by atoms with E-state index in [-0.39, 0.29) is 10.4 Å². The van der Waals surface area contributed by atoms with Gasteiger partial charge in [0.15, 0.2) is 5.12 Å². The number of methoxy groups -OCH3 is 1. The fourth-order valence-corrected chi connectivity index (χ4v) is 7.39. The lowest BCUT2D eigenvalue weighted by atomic mass is 9.80. The number of carbonyl (C=O) groups excluding carboxylic acids is 1. The van der Waals surface area contributed by atoms with Gasteiger partial charge in [0.25, 0.3) is 0 Å². The molecular formula is C46H52O4S. The number of rotatable bonds is 21. The number of ether oxygens (including phenoxy) is 3. The summed E-state index contributed by atoms with van der Waals surface area (Å²) in [5, 5.41) is -0.00173. The molecule has 5 rings (SSSR count). The van der Waals surface area contributed by atoms with Gasteiger partial charge in [0.1, 0.15) is 11.4 Å². The van der Waals surface area contributed by atoms with E-state index in [0.717, 1.165) is 40.8 Å². The molecule has 51 heavy (non-hydrogen) atoms. The molecule has 0 spiro atoms. The summed E-state index contributed by atoms with van der Waals surface area (Å²) in [4.78, 5) is 13.4. The average Bonchev–Trinajstić information content (AvgIpc) is 3.19. The highest BCUT2D eigenvalue weighted by atomic mass is 32.2. The van der Waals surface area contributed by atoms with Crippen LogP contribution in [-0.4, -0.2) is 30.7 Å². The SMILES string of the molecule is CCCCCCCCCC(=O)S[C@H](COCc1ccc(-c2ccccc2)cc1)COC(c1ccccc1)(c1ccccc1)c1ccc(OC)cc1. The monoisotopic (exact) mass is 700 g/mol. The average molecular weight is 701 g/mol. The van der Waals surface area contributed by atoms with E-state index in [0.29, 0.717) is 26.2 Å². The molecule has 266 valence electrons. The van der Waals surface area contributed by atoms with Crippen molar-refractivity contribution in [2.24, 2.45) is 0 Å². The number of carbonyl (C=O) groups is 1. The first-order chi connectivity index (χ1) is 25.1. The minimum Gasteiger partial charge on any atom is -0.497 e. The fraction of sp³-hybridized carbons (Fsp3) is 0.326. The van der Waals surface area contributed by atoms with Crippen LogP contribution in [-0.2, 0) is 26.5 Å². The van der Waals surface area contributed by atoms with Crippen LogP contribution >= 0.6 is 11.8 Å². The Morgan fingerprint density at radius 3 is 1.73 bits per heavy atom. The maximum atomic E-state index is 13.4. The summed E-state index contributed by atoms with van der Waals surface area (Å²) in [6, 6.07) is 47.7. The fourth-order valence-electron chi connectivity index (χ4n) is 6.46. The van der Waals surface area contributed by atoms with Gasteiger partial charge in [0.2, 0.25) is 0 Å². The molecule has 1 atom stereocenters. The number of hydrogen-bond donors (Lipinski definition) is 0. The van der Waals surface area contributed by atoms with E-state index in [4.69, 9.17) is 14.2 Å². The molecule has 5 aromatic rings. The first-order valence-corrected chi connectivity index (χ1v) is 19.3. The summed E-state index contributed by atoms with van der Waals surface area (Å²) < 4.78 is 19.0. The van der Waals surface area contributed by atoms with Crippen LogP contribution < -0.4 is 4.74 Å². The molecule has 0 fully saturated rings. The van der Waals surface area contributed by atoms with Crippen molar-refractivity contribution in [1.82, 2.24) is 0 Å². The van der Waals surface area contributed by atoms with Crippen molar-refractivity contribution >= 4 is 16.9 Å². The molecule has 0 aliphatic rings. The van der Waals surface area contributed by atoms with E-state index in [1.807, 2.05) is 54.6 Å². The van der Waals surface area contributed by atoms with Gasteiger partial charge < -0.3 is 14.2 Å². The molecule has 5 aromatic carbocycles. The predicted molar refractivity (Wildman–Crippen MR) is 212 cm³/mol. The van der Waals surface area contributed by atoms with Crippen LogP contribution in [0.25, 0.3) is 11.1 Å². The van der Waals surface area contributed by atoms with Crippen molar-refractivity contribution in [3.05, 3.63) is 162 Å². The van der Waals surface area contributed by atoms with Crippen LogP contribution in [0.5, 0.6) is 5.75 Å². The molecule has 0 aliphatic heterocycles. The van der Waals surface area contributed by atoms with Crippen molar-refractivity contribution in [3.8, 4) is 16.9 Å². The van der Waals surface area contributed by atoms with E-state index in [2.05, 4.69) is 91.9 Å². The maximum absolute atomic E-state index is 13.4. The van der Waals surface area contributed by atoms with Gasteiger partial charge in [-0.15, -0.1) is 0 Å². The van der Waals surface area contributed by atoms with Gasteiger partial charge in [-0.05, 0) is 51.9 Å². The minimum absolute atomic E-state index is 0.197. The zero-order chi connectivity index (χ0) is 35.6. The normalized spacial score (nSPS) is 12.0. The van der Waals surface area contributed by atoms with E-state index in [9.17, 15) is 4.79 Å². The Labute approximate surface area is 309 Å². The van der Waals surface area contributed by atoms with Gasteiger partial charge in [-0.2, -0.15) is 0 Å². The lowest BCUT2D eigenvalue weighted by Crippen LogP contribution is -2.36. The van der Waals surface area contributed by atoms with Crippen molar-refractivity contribution in [2.45, 2.75) is 75.7 Å². The summed E-state index contributed by atoms with van der Waals surface area (Å²) in [6.07, 6.45) is 8.83. The van der Waals surface area contributed by atoms with Gasteiger partial charge in [-0.25, -0.2) is 0 Å². The van der Waals surface area contributed by atoms with Crippen LogP contribution in [0.4, 0.5) is 0 Å². The molecule has 0 saturated carbocycles. The number of thioether (sulfide) groups is 1. The number of benzene rings is 5. The predicted octanol–water partition coefficient (Wildman–Crippen LogP) is 11.7. The zero-order valence-electron chi connectivity index (χ0n) is 30.2. The zero-order valence-corrected chi connectivity index (χ0v) is 31.0. The molecule has 5 heteroatoms. The van der Waals surface area contributed by atoms with Crippen LogP contribution in [0, 0.1) is 0 Å². The van der Waals surface area contributed by atoms with Gasteiger partial charge in [-0.3, -0.25) is 4.79 Å². The van der Waals surface area contributed by atoms with Crippen molar-refractivity contribution < 1.29 is 19.0 Å². The molecule has 0 N–H and O–H groups in total. The van der Waals surface area contributed by atoms with Gasteiger partial charge in [0, 0.05) is 6.42 Å². The van der Waals surface area contributed by atoms with E-state index in [1.54, 1.807) is 7.11 Å². The van der Waals surface area contributed by atoms with E-state index >= 15 is 0 Å². The Kier molecular flexibility index (Phi) is 15.4. The number of hydrogen-bond acceptors (Lipinski definition) is 5. The molecule has 0 heterocycles. The first-order valence-electron chi connectivity index (χ1n) is 18.4. The Morgan fingerprint density at radius 2 is 1.14 bits per heavy atom. The van der Waals surface area contributed by atoms with Gasteiger partial charge >= 0.3 is 0 Å². The summed E-state index contributed by atoms with van der Waals surface area (Å²) in [7, 11) is 1.68. The quantitative estimate of drug-likeness (QED) is 0.0563. The lowest BCUT2D eigenvalue weighted by molar-refractivity contribution is -0.111. The molecule has 0 bridgehead atoms. The van der Waals surface area contributed by atoms with Gasteiger partial charge in [0.05, 0.1) is 32.2 Å². The van der Waals surface area contributed by atoms with Crippen LogP contribution in [0.1, 0.15) is 80.5 Å². The third-order valence-corrected chi connectivity index (χ3v) is 10.3. The van der Waals surface area contributed by atoms with Crippen LogP contribution in [0.3, 0.4) is 0 Å². The van der Waals surface area contributed by atoms with Crippen LogP contribution in [0.15, 0.2) is 140 Å². The third-order valence-electron chi connectivity index (χ3n) is 9.26. The molecule has 0 aromatic heterocycles. The maximum Gasteiger partial charge on any atom is 0.189 e. The van der Waals surface area contributed by atoms with E-state index < -0.39 is 5.60 Å². The van der Waals surface area contributed by atoms with Crippen molar-refractivity contribution in [2.75, 3.05) is 20.3 Å². The largest absolute Gasteiger partial charge is 0.497 e. The molecule has 0 unspecified atom stereocenters. The molecule has 0 saturated heterocycles. The summed E-state index contributed by atoms with van der Waals surface area (Å²) in [5.41, 5.74) is 5.55. The standard InChI is InChI=1S/C46H52O4S/c1-3-4-5-6-7-8-18-25-45(47)51-44(35-49-34-37-26-28-39(29-27-37)38-19-12-9-13-20-38)36-50-46(40-21-14-10-15-22-40,41-23-16-11-17-24-41)42-30-32-43(48-2)33-31-42/h9-17,19-24,26-33,44H,3-8,18,25,34-36H2,1-2H3/t44-/m1/s1. The Bertz CT molecular complexity index is 1650. The third kappa shape index (κ3) is 11.2. The summed E-state index contributed by atoms with van der Waals surface area (Å²) in [5.74, 6) is 0.781. The molecule has 0 amide bonds. The topological polar surface area (TPSA) is 44.8 Å². The Morgan fingerprint density at radius 1 is 0.608 bits per heavy atom. The molecular weight excluding hydrogens is 649 g/mol. The highest BCUT2D eigenvalue weighted by molar-refractivity contribution is 8.14.